The van der Waals surface area contributed by atoms with Gasteiger partial charge in [0.05, 0.1) is 0 Å². The van der Waals surface area contributed by atoms with Gasteiger partial charge in [0, 0.05) is 41.9 Å². The first-order valence-corrected chi connectivity index (χ1v) is 2.37. The van der Waals surface area contributed by atoms with E-state index in [4.69, 9.17) is 7.38 Å². The van der Waals surface area contributed by atoms with Crippen LogP contribution in [0.3, 0.4) is 0 Å². The van der Waals surface area contributed by atoms with Crippen molar-refractivity contribution in [2.24, 2.45) is 0 Å². The summed E-state index contributed by atoms with van der Waals surface area (Å²) in [6, 6.07) is 0. The summed E-state index contributed by atoms with van der Waals surface area (Å²) in [7, 11) is 0. The van der Waals surface area contributed by atoms with Gasteiger partial charge in [0.1, 0.15) is 0 Å². The predicted molar refractivity (Wildman–Crippen MR) is 18.5 cm³/mol. The first-order valence-electron chi connectivity index (χ1n) is 0.577. The first kappa shape index (κ1) is 33.4. The SMILES string of the molecule is [Ag].[AlH3].[O]=[AlH].[O]=[Zn].[Zn]. The molecule has 0 fully saturated rings. The summed E-state index contributed by atoms with van der Waals surface area (Å²) in [5.41, 5.74) is 0. The fourth-order valence-corrected chi connectivity index (χ4v) is 0. The molecule has 37 valence electrons. The fraction of sp³-hybridized carbons (Fsp3) is 0. The maximum Gasteiger partial charge on any atom is 0 e. The molecule has 0 saturated heterocycles. The van der Waals surface area contributed by atoms with Gasteiger partial charge < -0.3 is 0 Å². The van der Waals surface area contributed by atoms with Crippen LogP contribution in [0.1, 0.15) is 0 Å². The third-order valence-corrected chi connectivity index (χ3v) is 0. The molecule has 0 aromatic heterocycles. The van der Waals surface area contributed by atoms with E-state index < -0.39 is 0 Å². The van der Waals surface area contributed by atoms with E-state index in [1.54, 1.807) is 0 Å². The van der Waals surface area contributed by atoms with Crippen molar-refractivity contribution >= 4 is 33.6 Å². The van der Waals surface area contributed by atoms with Crippen LogP contribution in [0.2, 0.25) is 0 Å². The topological polar surface area (TPSA) is 34.1 Å². The normalized spacial score (nSPS) is 1.29. The third kappa shape index (κ3) is 54.4. The summed E-state index contributed by atoms with van der Waals surface area (Å²) in [4.78, 5) is 0. The Hall–Kier alpha value is 2.65. The van der Waals surface area contributed by atoms with Crippen molar-refractivity contribution in [3.05, 3.63) is 0 Å². The van der Waals surface area contributed by atoms with Crippen molar-refractivity contribution in [2.75, 3.05) is 0 Å². The molecule has 0 unspecified atom stereocenters. The molecule has 0 rings (SSSR count). The largest absolute Gasteiger partial charge is 0 e. The number of hydrogen-bond acceptors (Lipinski definition) is 2. The molecule has 0 spiro atoms. The molecule has 0 aliphatic rings. The Morgan fingerprint density at radius 3 is 1.14 bits per heavy atom. The quantitative estimate of drug-likeness (QED) is 0.479. The molecule has 0 amide bonds. The second kappa shape index (κ2) is 72.0. The van der Waals surface area contributed by atoms with Gasteiger partial charge in [-0.1, -0.05) is 0 Å². The van der Waals surface area contributed by atoms with Gasteiger partial charge in [-0.25, -0.2) is 0 Å². The molecule has 0 atom stereocenters. The number of hydrogen-bond donors (Lipinski definition) is 0. The van der Waals surface area contributed by atoms with Crippen LogP contribution >= 0.6 is 0 Å². The van der Waals surface area contributed by atoms with Crippen LogP contribution in [0, 0.1) is 0 Å². The van der Waals surface area contributed by atoms with Gasteiger partial charge in [-0.15, -0.1) is 0 Å². The van der Waals surface area contributed by atoms with E-state index >= 15 is 0 Å². The van der Waals surface area contributed by atoms with Crippen LogP contribution in [0.4, 0.5) is 0 Å². The Morgan fingerprint density at radius 2 is 1.14 bits per heavy atom. The van der Waals surface area contributed by atoms with Crippen molar-refractivity contribution in [3.8, 4) is 0 Å². The molecule has 0 aliphatic heterocycles. The van der Waals surface area contributed by atoms with Gasteiger partial charge in [-0.2, -0.15) is 0 Å². The minimum Gasteiger partial charge on any atom is 0 e. The van der Waals surface area contributed by atoms with E-state index in [-0.39, 0.29) is 77.5 Å². The van der Waals surface area contributed by atoms with E-state index in [0.717, 1.165) is 0 Å². The van der Waals surface area contributed by atoms with Gasteiger partial charge in [-0.3, -0.25) is 0 Å². The van der Waals surface area contributed by atoms with Gasteiger partial charge >= 0.3 is 41.9 Å². The number of rotatable bonds is 0. The molecule has 0 aromatic carbocycles. The Morgan fingerprint density at radius 1 is 1.14 bits per heavy atom. The average molecular weight is 329 g/mol. The molecular weight excluding hydrogens is 325 g/mol. The van der Waals surface area contributed by atoms with Gasteiger partial charge in [-0.05, 0) is 0 Å². The summed E-state index contributed by atoms with van der Waals surface area (Å²) >= 11 is 0.736. The van der Waals surface area contributed by atoms with Crippen LogP contribution < -0.4 is 0 Å². The molecule has 0 bridgehead atoms. The molecule has 0 heterocycles. The van der Waals surface area contributed by atoms with E-state index in [1.807, 2.05) is 0 Å². The van der Waals surface area contributed by atoms with Crippen molar-refractivity contribution in [1.29, 1.82) is 0 Å². The second-order valence-electron chi connectivity index (χ2n) is 0. The van der Waals surface area contributed by atoms with E-state index in [2.05, 4.69) is 0 Å². The molecule has 2 nitrogen and oxygen atoms in total. The summed E-state index contributed by atoms with van der Waals surface area (Å²) < 4.78 is 16.7. The average Bonchev–Trinajstić information content (AvgIpc) is 1.50. The molecule has 0 saturated carbocycles. The maximum absolute atomic E-state index is 8.38. The minimum absolute atomic E-state index is 0. The van der Waals surface area contributed by atoms with Gasteiger partial charge in [0.2, 0.25) is 0 Å². The molecule has 7 heavy (non-hydrogen) atoms. The molecule has 0 N–H and O–H groups in total. The molecule has 1 radical (unpaired) electrons. The second-order valence-corrected chi connectivity index (χ2v) is 0. The van der Waals surface area contributed by atoms with Crippen LogP contribution in [0.25, 0.3) is 0 Å². The zero-order chi connectivity index (χ0) is 4.00. The predicted octanol–water partition coefficient (Wildman–Crippen LogP) is -2.08. The van der Waals surface area contributed by atoms with Gasteiger partial charge in [0.15, 0.2) is 17.4 Å². The Bertz CT molecular complexity index is 15.7. The molecule has 7 heteroatoms. The standard InChI is InChI=1S/Ag.2Al.2O.2Zn.4H. The van der Waals surface area contributed by atoms with Gasteiger partial charge in [0.25, 0.3) is 0 Å². The first-order chi connectivity index (χ1) is 2.00. The van der Waals surface area contributed by atoms with Crippen molar-refractivity contribution < 1.29 is 67.5 Å². The summed E-state index contributed by atoms with van der Waals surface area (Å²) in [5, 5.41) is 0. The fourth-order valence-electron chi connectivity index (χ4n) is 0. The van der Waals surface area contributed by atoms with Crippen LogP contribution in [0.5, 0.6) is 0 Å². The molecule has 0 aliphatic carbocycles. The molecule has 0 aromatic rings. The Kier molecular flexibility index (Phi) is 344. The zero-order valence-electron chi connectivity index (χ0n) is 3.24. The Labute approximate surface area is 99.5 Å². The van der Waals surface area contributed by atoms with E-state index in [9.17, 15) is 0 Å². The minimum atomic E-state index is 0. The van der Waals surface area contributed by atoms with Crippen molar-refractivity contribution in [2.45, 2.75) is 0 Å². The zero-order valence-corrected chi connectivity index (χ0v) is 12.1. The summed E-state index contributed by atoms with van der Waals surface area (Å²) in [6.45, 7) is 0. The Balaban J connectivity index is -0.00000000267. The maximum atomic E-state index is 8.38. The van der Waals surface area contributed by atoms with E-state index in [1.165, 1.54) is 0 Å². The van der Waals surface area contributed by atoms with Crippen molar-refractivity contribution in [1.82, 2.24) is 0 Å². The summed E-state index contributed by atoms with van der Waals surface area (Å²) in [6.07, 6.45) is 0. The van der Waals surface area contributed by atoms with Crippen LogP contribution in [-0.4, -0.2) is 33.6 Å². The smallest absolute Gasteiger partial charge is 0 e. The van der Waals surface area contributed by atoms with Crippen molar-refractivity contribution in [3.63, 3.8) is 0 Å². The summed E-state index contributed by atoms with van der Waals surface area (Å²) in [5.74, 6) is 0. The van der Waals surface area contributed by atoms with Crippen LogP contribution in [0.15, 0.2) is 0 Å². The van der Waals surface area contributed by atoms with Crippen LogP contribution in [-0.2, 0) is 67.5 Å². The third-order valence-electron chi connectivity index (χ3n) is 0. The monoisotopic (exact) mass is 325 g/mol. The van der Waals surface area contributed by atoms with E-state index in [0.29, 0.717) is 16.2 Å². The molecular formula is H4AgAl2O2Zn2.